The molecule has 30 heavy (non-hydrogen) atoms. The molecular formula is C23H20ClN3O2S. The summed E-state index contributed by atoms with van der Waals surface area (Å²) >= 11 is 7.32. The number of benzene rings is 2. The number of thiophene rings is 1. The third-order valence-electron chi connectivity index (χ3n) is 4.40. The van der Waals surface area contributed by atoms with Crippen LogP contribution in [0.5, 0.6) is 5.75 Å². The van der Waals surface area contributed by atoms with E-state index < -0.39 is 0 Å². The van der Waals surface area contributed by atoms with Crippen molar-refractivity contribution in [1.29, 1.82) is 0 Å². The maximum atomic E-state index is 12.6. The quantitative estimate of drug-likeness (QED) is 0.398. The summed E-state index contributed by atoms with van der Waals surface area (Å²) in [7, 11) is 0. The van der Waals surface area contributed by atoms with E-state index in [1.165, 1.54) is 11.3 Å². The van der Waals surface area contributed by atoms with Gasteiger partial charge in [-0.05, 0) is 53.8 Å². The highest BCUT2D eigenvalue weighted by Gasteiger charge is 2.11. The van der Waals surface area contributed by atoms with Gasteiger partial charge < -0.3 is 10.1 Å². The van der Waals surface area contributed by atoms with Crippen LogP contribution in [-0.2, 0) is 13.2 Å². The summed E-state index contributed by atoms with van der Waals surface area (Å²) in [6.45, 7) is 3.03. The van der Waals surface area contributed by atoms with Gasteiger partial charge in [0.25, 0.3) is 5.91 Å². The van der Waals surface area contributed by atoms with E-state index in [9.17, 15) is 4.79 Å². The number of nitrogens with zero attached hydrogens (tertiary/aromatic N) is 2. The first-order valence-corrected chi connectivity index (χ1v) is 10.7. The highest BCUT2D eigenvalue weighted by atomic mass is 35.5. The van der Waals surface area contributed by atoms with Crippen LogP contribution in [0.15, 0.2) is 72.4 Å². The summed E-state index contributed by atoms with van der Waals surface area (Å²) in [5, 5.41) is 9.69. The van der Waals surface area contributed by atoms with Gasteiger partial charge in [0.1, 0.15) is 12.4 Å². The van der Waals surface area contributed by atoms with Gasteiger partial charge in [-0.2, -0.15) is 5.10 Å². The fourth-order valence-corrected chi connectivity index (χ4v) is 3.94. The molecule has 0 aliphatic heterocycles. The van der Waals surface area contributed by atoms with Crippen LogP contribution in [0.3, 0.4) is 0 Å². The summed E-state index contributed by atoms with van der Waals surface area (Å²) in [5.74, 6) is 0.684. The first-order chi connectivity index (χ1) is 14.5. The largest absolute Gasteiger partial charge is 0.489 e. The predicted molar refractivity (Wildman–Crippen MR) is 121 cm³/mol. The molecule has 5 nitrogen and oxygen atoms in total. The number of amides is 1. The Balaban J connectivity index is 1.36. The summed E-state index contributed by atoms with van der Waals surface area (Å²) in [4.78, 5) is 13.3. The topological polar surface area (TPSA) is 56.1 Å². The second-order valence-electron chi connectivity index (χ2n) is 6.94. The number of ether oxygens (including phenoxy) is 1. The fraction of sp³-hybridized carbons (Fsp3) is 0.130. The van der Waals surface area contributed by atoms with Gasteiger partial charge in [-0.25, -0.2) is 0 Å². The van der Waals surface area contributed by atoms with Crippen molar-refractivity contribution in [3.05, 3.63) is 99.0 Å². The second-order valence-corrected chi connectivity index (χ2v) is 8.28. The molecule has 1 N–H and O–H groups in total. The number of aromatic nitrogens is 2. The first-order valence-electron chi connectivity index (χ1n) is 9.40. The minimum atomic E-state index is -0.138. The Morgan fingerprint density at radius 2 is 2.03 bits per heavy atom. The van der Waals surface area contributed by atoms with Crippen LogP contribution in [0, 0.1) is 6.92 Å². The lowest BCUT2D eigenvalue weighted by atomic mass is 10.2. The molecule has 2 heterocycles. The van der Waals surface area contributed by atoms with Crippen molar-refractivity contribution in [1.82, 2.24) is 9.78 Å². The molecule has 2 aromatic heterocycles. The van der Waals surface area contributed by atoms with E-state index in [-0.39, 0.29) is 5.91 Å². The maximum Gasteiger partial charge on any atom is 0.265 e. The van der Waals surface area contributed by atoms with E-state index in [1.807, 2.05) is 66.9 Å². The minimum absolute atomic E-state index is 0.138. The van der Waals surface area contributed by atoms with Gasteiger partial charge in [0.15, 0.2) is 0 Å². The molecule has 0 aliphatic rings. The second kappa shape index (κ2) is 9.15. The van der Waals surface area contributed by atoms with Crippen LogP contribution in [0.2, 0.25) is 5.02 Å². The summed E-state index contributed by atoms with van der Waals surface area (Å²) in [5.41, 5.74) is 3.87. The van der Waals surface area contributed by atoms with Gasteiger partial charge >= 0.3 is 0 Å². The Labute approximate surface area is 183 Å². The molecule has 7 heteroatoms. The zero-order chi connectivity index (χ0) is 20.9. The summed E-state index contributed by atoms with van der Waals surface area (Å²) in [6, 6.07) is 17.5. The van der Waals surface area contributed by atoms with Crippen molar-refractivity contribution in [2.45, 2.75) is 20.1 Å². The molecule has 0 saturated carbocycles. The lowest BCUT2D eigenvalue weighted by Crippen LogP contribution is -2.10. The number of nitrogens with one attached hydrogen (secondary N) is 1. The van der Waals surface area contributed by atoms with Crippen molar-refractivity contribution in [2.75, 3.05) is 5.32 Å². The third kappa shape index (κ3) is 5.28. The van der Waals surface area contributed by atoms with Crippen LogP contribution in [0.25, 0.3) is 0 Å². The zero-order valence-electron chi connectivity index (χ0n) is 16.3. The standard InChI is InChI=1S/C23H20ClN3O2S/c1-16-4-2-7-21(8-16)29-14-18-10-22(30-15-18)23(28)26-20-6-3-5-17(9-20)12-27-13-19(24)11-25-27/h2-11,13,15H,12,14H2,1H3,(H,26,28). The first kappa shape index (κ1) is 20.2. The maximum absolute atomic E-state index is 12.6. The number of anilines is 1. The lowest BCUT2D eigenvalue weighted by Gasteiger charge is -2.07. The highest BCUT2D eigenvalue weighted by molar-refractivity contribution is 7.12. The Bertz CT molecular complexity index is 1170. The van der Waals surface area contributed by atoms with Crippen molar-refractivity contribution < 1.29 is 9.53 Å². The van der Waals surface area contributed by atoms with E-state index >= 15 is 0 Å². The molecular weight excluding hydrogens is 418 g/mol. The van der Waals surface area contributed by atoms with Crippen LogP contribution >= 0.6 is 22.9 Å². The molecule has 0 radical (unpaired) electrons. The Kier molecular flexibility index (Phi) is 6.16. The fourth-order valence-electron chi connectivity index (χ4n) is 2.99. The van der Waals surface area contributed by atoms with Crippen LogP contribution in [0.4, 0.5) is 5.69 Å². The SMILES string of the molecule is Cc1cccc(OCc2csc(C(=O)Nc3cccc(Cn4cc(Cl)cn4)c3)c2)c1. The molecule has 0 fully saturated rings. The number of halogens is 1. The Morgan fingerprint density at radius 3 is 2.83 bits per heavy atom. The number of carbonyl (C=O) groups excluding carboxylic acids is 1. The van der Waals surface area contributed by atoms with Crippen molar-refractivity contribution in [2.24, 2.45) is 0 Å². The molecule has 0 aliphatic carbocycles. The van der Waals surface area contributed by atoms with E-state index in [0.717, 1.165) is 28.1 Å². The van der Waals surface area contributed by atoms with Crippen molar-refractivity contribution in [3.8, 4) is 5.75 Å². The van der Waals surface area contributed by atoms with Gasteiger partial charge in [0.2, 0.25) is 0 Å². The van der Waals surface area contributed by atoms with Gasteiger partial charge in [0.05, 0.1) is 22.6 Å². The molecule has 2 aromatic carbocycles. The highest BCUT2D eigenvalue weighted by Crippen LogP contribution is 2.21. The zero-order valence-corrected chi connectivity index (χ0v) is 17.9. The van der Waals surface area contributed by atoms with Gasteiger partial charge in [-0.1, -0.05) is 35.9 Å². The lowest BCUT2D eigenvalue weighted by molar-refractivity contribution is 0.103. The molecule has 4 aromatic rings. The van der Waals surface area contributed by atoms with Crippen LogP contribution in [-0.4, -0.2) is 15.7 Å². The van der Waals surface area contributed by atoms with Crippen LogP contribution < -0.4 is 10.1 Å². The predicted octanol–water partition coefficient (Wildman–Crippen LogP) is 5.79. The van der Waals surface area contributed by atoms with Crippen molar-refractivity contribution in [3.63, 3.8) is 0 Å². The number of hydrogen-bond donors (Lipinski definition) is 1. The molecule has 4 rings (SSSR count). The van der Waals surface area contributed by atoms with E-state index in [4.69, 9.17) is 16.3 Å². The van der Waals surface area contributed by atoms with E-state index in [0.29, 0.717) is 23.1 Å². The minimum Gasteiger partial charge on any atom is -0.489 e. The number of hydrogen-bond acceptors (Lipinski definition) is 4. The third-order valence-corrected chi connectivity index (χ3v) is 5.58. The van der Waals surface area contributed by atoms with Crippen molar-refractivity contribution >= 4 is 34.5 Å². The number of carbonyl (C=O) groups is 1. The Morgan fingerprint density at radius 1 is 1.17 bits per heavy atom. The molecule has 0 unspecified atom stereocenters. The Hall–Kier alpha value is -3.09. The normalized spacial score (nSPS) is 10.7. The van der Waals surface area contributed by atoms with E-state index in [2.05, 4.69) is 10.4 Å². The average molecular weight is 438 g/mol. The monoisotopic (exact) mass is 437 g/mol. The van der Waals surface area contributed by atoms with Gasteiger partial charge in [-0.15, -0.1) is 11.3 Å². The average Bonchev–Trinajstić information content (AvgIpc) is 3.36. The summed E-state index contributed by atoms with van der Waals surface area (Å²) in [6.07, 6.45) is 3.36. The molecule has 1 amide bonds. The molecule has 152 valence electrons. The summed E-state index contributed by atoms with van der Waals surface area (Å²) < 4.78 is 7.57. The number of rotatable bonds is 7. The molecule has 0 atom stereocenters. The van der Waals surface area contributed by atoms with E-state index in [1.54, 1.807) is 17.1 Å². The van der Waals surface area contributed by atoms with Gasteiger partial charge in [0, 0.05) is 17.4 Å². The smallest absolute Gasteiger partial charge is 0.265 e. The molecule has 0 spiro atoms. The molecule has 0 bridgehead atoms. The van der Waals surface area contributed by atoms with Gasteiger partial charge in [-0.3, -0.25) is 9.48 Å². The number of aryl methyl sites for hydroxylation is 1. The molecule has 0 saturated heterocycles. The van der Waals surface area contributed by atoms with Crippen LogP contribution in [0.1, 0.15) is 26.4 Å².